The standard InChI is InChI=1S/C10H10ClNO3/c1-6-3-2-4-7(10(14)15)9(6)12-8(13)5-11/h2-4H,5H2,1H3,(H,12,13)(H,14,15). The van der Waals surface area contributed by atoms with Crippen molar-refractivity contribution in [2.24, 2.45) is 0 Å². The zero-order valence-corrected chi connectivity index (χ0v) is 8.84. The first kappa shape index (κ1) is 11.5. The second kappa shape index (κ2) is 4.79. The summed E-state index contributed by atoms with van der Waals surface area (Å²) in [5, 5.41) is 11.3. The molecule has 0 radical (unpaired) electrons. The van der Waals surface area contributed by atoms with Crippen LogP contribution in [0.4, 0.5) is 5.69 Å². The predicted molar refractivity (Wildman–Crippen MR) is 57.5 cm³/mol. The molecule has 1 aromatic rings. The molecule has 0 aromatic heterocycles. The van der Waals surface area contributed by atoms with E-state index in [0.29, 0.717) is 11.3 Å². The molecule has 5 heteroatoms. The molecule has 1 rings (SSSR count). The molecular weight excluding hydrogens is 218 g/mol. The Balaban J connectivity index is 3.13. The molecule has 15 heavy (non-hydrogen) atoms. The summed E-state index contributed by atoms with van der Waals surface area (Å²) < 4.78 is 0. The summed E-state index contributed by atoms with van der Waals surface area (Å²) in [7, 11) is 0. The number of aromatic carboxylic acids is 1. The fourth-order valence-electron chi connectivity index (χ4n) is 1.18. The van der Waals surface area contributed by atoms with Crippen LogP contribution in [0.2, 0.25) is 0 Å². The Morgan fingerprint density at radius 1 is 1.47 bits per heavy atom. The summed E-state index contributed by atoms with van der Waals surface area (Å²) in [6.07, 6.45) is 0. The molecule has 4 nitrogen and oxygen atoms in total. The molecule has 0 aliphatic heterocycles. The molecule has 0 spiro atoms. The number of carbonyl (C=O) groups is 2. The van der Waals surface area contributed by atoms with Gasteiger partial charge in [0.2, 0.25) is 5.91 Å². The Kier molecular flexibility index (Phi) is 3.68. The Bertz CT molecular complexity index is 404. The van der Waals surface area contributed by atoms with Crippen LogP contribution < -0.4 is 5.32 Å². The van der Waals surface area contributed by atoms with Gasteiger partial charge in [-0.1, -0.05) is 12.1 Å². The predicted octanol–water partition coefficient (Wildman–Crippen LogP) is 1.87. The van der Waals surface area contributed by atoms with Crippen molar-refractivity contribution < 1.29 is 14.7 Å². The third-order valence-electron chi connectivity index (χ3n) is 1.89. The maximum atomic E-state index is 11.1. The summed E-state index contributed by atoms with van der Waals surface area (Å²) in [6, 6.07) is 4.77. The lowest BCUT2D eigenvalue weighted by Crippen LogP contribution is -2.16. The van der Waals surface area contributed by atoms with E-state index in [9.17, 15) is 9.59 Å². The molecule has 2 N–H and O–H groups in total. The molecule has 0 atom stereocenters. The van der Waals surface area contributed by atoms with Crippen molar-refractivity contribution in [2.45, 2.75) is 6.92 Å². The minimum Gasteiger partial charge on any atom is -0.478 e. The van der Waals surface area contributed by atoms with Crippen LogP contribution in [-0.2, 0) is 4.79 Å². The van der Waals surface area contributed by atoms with Crippen LogP contribution in [-0.4, -0.2) is 22.9 Å². The molecular formula is C10H10ClNO3. The van der Waals surface area contributed by atoms with Crippen molar-refractivity contribution in [3.05, 3.63) is 29.3 Å². The number of rotatable bonds is 3. The zero-order chi connectivity index (χ0) is 11.4. The van der Waals surface area contributed by atoms with Gasteiger partial charge >= 0.3 is 5.97 Å². The highest BCUT2D eigenvalue weighted by Gasteiger charge is 2.13. The maximum absolute atomic E-state index is 11.1. The summed E-state index contributed by atoms with van der Waals surface area (Å²) in [5.41, 5.74) is 1.05. The lowest BCUT2D eigenvalue weighted by molar-refractivity contribution is -0.113. The number of carbonyl (C=O) groups excluding carboxylic acids is 1. The second-order valence-corrected chi connectivity index (χ2v) is 3.25. The average Bonchev–Trinajstić information content (AvgIpc) is 2.20. The van der Waals surface area contributed by atoms with Crippen molar-refractivity contribution in [3.8, 4) is 0 Å². The van der Waals surface area contributed by atoms with E-state index in [1.807, 2.05) is 0 Å². The van der Waals surface area contributed by atoms with E-state index in [0.717, 1.165) is 0 Å². The number of hydrogen-bond donors (Lipinski definition) is 2. The van der Waals surface area contributed by atoms with E-state index in [2.05, 4.69) is 5.32 Å². The number of para-hydroxylation sites is 1. The van der Waals surface area contributed by atoms with E-state index in [1.165, 1.54) is 6.07 Å². The lowest BCUT2D eigenvalue weighted by atomic mass is 10.1. The molecule has 0 unspecified atom stereocenters. The van der Waals surface area contributed by atoms with Gasteiger partial charge in [0.05, 0.1) is 11.3 Å². The number of alkyl halides is 1. The van der Waals surface area contributed by atoms with Gasteiger partial charge in [-0.3, -0.25) is 4.79 Å². The van der Waals surface area contributed by atoms with Crippen molar-refractivity contribution in [1.29, 1.82) is 0 Å². The van der Waals surface area contributed by atoms with Crippen LogP contribution in [0.15, 0.2) is 18.2 Å². The molecule has 0 aliphatic rings. The number of hydrogen-bond acceptors (Lipinski definition) is 2. The van der Waals surface area contributed by atoms with Gasteiger partial charge < -0.3 is 10.4 Å². The van der Waals surface area contributed by atoms with Crippen LogP contribution in [0, 0.1) is 6.92 Å². The van der Waals surface area contributed by atoms with Gasteiger partial charge in [0.1, 0.15) is 5.88 Å². The number of carboxylic acid groups (broad SMARTS) is 1. The van der Waals surface area contributed by atoms with Crippen LogP contribution in [0.3, 0.4) is 0 Å². The normalized spacial score (nSPS) is 9.73. The average molecular weight is 228 g/mol. The Labute approximate surface area is 91.9 Å². The molecule has 0 saturated carbocycles. The first-order valence-corrected chi connectivity index (χ1v) is 4.78. The van der Waals surface area contributed by atoms with Crippen LogP contribution in [0.25, 0.3) is 0 Å². The van der Waals surface area contributed by atoms with Gasteiger partial charge in [-0.05, 0) is 18.6 Å². The number of aryl methyl sites for hydroxylation is 1. The van der Waals surface area contributed by atoms with Crippen LogP contribution in [0.1, 0.15) is 15.9 Å². The van der Waals surface area contributed by atoms with Crippen LogP contribution >= 0.6 is 11.6 Å². The Morgan fingerprint density at radius 3 is 2.67 bits per heavy atom. The molecule has 0 bridgehead atoms. The van der Waals surface area contributed by atoms with Gasteiger partial charge in [0, 0.05) is 0 Å². The van der Waals surface area contributed by atoms with Gasteiger partial charge in [-0.15, -0.1) is 11.6 Å². The van der Waals surface area contributed by atoms with Gasteiger partial charge in [-0.2, -0.15) is 0 Å². The summed E-state index contributed by atoms with van der Waals surface area (Å²) in [4.78, 5) is 21.9. The summed E-state index contributed by atoms with van der Waals surface area (Å²) >= 11 is 5.33. The van der Waals surface area contributed by atoms with E-state index in [4.69, 9.17) is 16.7 Å². The first-order valence-electron chi connectivity index (χ1n) is 4.25. The number of benzene rings is 1. The van der Waals surface area contributed by atoms with Crippen molar-refractivity contribution in [3.63, 3.8) is 0 Å². The monoisotopic (exact) mass is 227 g/mol. The third-order valence-corrected chi connectivity index (χ3v) is 2.13. The van der Waals surface area contributed by atoms with E-state index in [-0.39, 0.29) is 11.4 Å². The number of carboxylic acids is 1. The highest BCUT2D eigenvalue weighted by molar-refractivity contribution is 6.29. The van der Waals surface area contributed by atoms with Crippen molar-refractivity contribution in [1.82, 2.24) is 0 Å². The Hall–Kier alpha value is -1.55. The zero-order valence-electron chi connectivity index (χ0n) is 8.08. The molecule has 0 heterocycles. The smallest absolute Gasteiger partial charge is 0.337 e. The largest absolute Gasteiger partial charge is 0.478 e. The van der Waals surface area contributed by atoms with E-state index >= 15 is 0 Å². The SMILES string of the molecule is Cc1cccc(C(=O)O)c1NC(=O)CCl. The Morgan fingerprint density at radius 2 is 2.13 bits per heavy atom. The minimum absolute atomic E-state index is 0.0634. The van der Waals surface area contributed by atoms with E-state index < -0.39 is 11.9 Å². The molecule has 80 valence electrons. The van der Waals surface area contributed by atoms with E-state index in [1.54, 1.807) is 19.1 Å². The van der Waals surface area contributed by atoms with Gasteiger partial charge in [-0.25, -0.2) is 4.79 Å². The summed E-state index contributed by atoms with van der Waals surface area (Å²) in [5.74, 6) is -1.70. The van der Waals surface area contributed by atoms with Gasteiger partial charge in [0.15, 0.2) is 0 Å². The number of anilines is 1. The number of amides is 1. The fourth-order valence-corrected chi connectivity index (χ4v) is 1.25. The van der Waals surface area contributed by atoms with Crippen LogP contribution in [0.5, 0.6) is 0 Å². The quantitative estimate of drug-likeness (QED) is 0.775. The van der Waals surface area contributed by atoms with Crippen molar-refractivity contribution in [2.75, 3.05) is 11.2 Å². The molecule has 0 aliphatic carbocycles. The molecule has 0 saturated heterocycles. The molecule has 0 fully saturated rings. The van der Waals surface area contributed by atoms with Gasteiger partial charge in [0.25, 0.3) is 0 Å². The number of nitrogens with one attached hydrogen (secondary N) is 1. The van der Waals surface area contributed by atoms with Crippen molar-refractivity contribution >= 4 is 29.2 Å². The number of halogens is 1. The third kappa shape index (κ3) is 2.70. The second-order valence-electron chi connectivity index (χ2n) is 2.98. The molecule has 1 aromatic carbocycles. The topological polar surface area (TPSA) is 66.4 Å². The maximum Gasteiger partial charge on any atom is 0.337 e. The lowest BCUT2D eigenvalue weighted by Gasteiger charge is -2.09. The first-order chi connectivity index (χ1) is 7.06. The minimum atomic E-state index is -1.08. The fraction of sp³-hybridized carbons (Fsp3) is 0.200. The molecule has 1 amide bonds. The summed E-state index contributed by atoms with van der Waals surface area (Å²) in [6.45, 7) is 1.72. The highest BCUT2D eigenvalue weighted by Crippen LogP contribution is 2.20. The highest BCUT2D eigenvalue weighted by atomic mass is 35.5.